The van der Waals surface area contributed by atoms with E-state index in [-0.39, 0.29) is 0 Å². The van der Waals surface area contributed by atoms with Crippen LogP contribution in [0.1, 0.15) is 38.5 Å². The van der Waals surface area contributed by atoms with E-state index in [4.69, 9.17) is 11.2 Å². The molecule has 0 aromatic heterocycles. The third-order valence-corrected chi connectivity index (χ3v) is 6.61. The number of piperidine rings is 2. The maximum absolute atomic E-state index is 6.59. The van der Waals surface area contributed by atoms with Crippen LogP contribution in [0.5, 0.6) is 0 Å². The zero-order valence-electron chi connectivity index (χ0n) is 8.84. The van der Waals surface area contributed by atoms with Crippen LogP contribution in [0.25, 0.3) is 0 Å². The topological polar surface area (TPSA) is 6.48 Å². The lowest BCUT2D eigenvalue weighted by Crippen LogP contribution is -2.33. The molecule has 2 aliphatic rings. The summed E-state index contributed by atoms with van der Waals surface area (Å²) < 4.78 is 5.09. The van der Waals surface area contributed by atoms with Gasteiger partial charge in [-0.1, -0.05) is 12.8 Å². The molecule has 0 radical (unpaired) electrons. The van der Waals surface area contributed by atoms with E-state index < -0.39 is 7.58 Å². The predicted molar refractivity (Wildman–Crippen MR) is 65.0 cm³/mol. The molecule has 2 aliphatic heterocycles. The third kappa shape index (κ3) is 2.82. The van der Waals surface area contributed by atoms with Crippen molar-refractivity contribution in [1.82, 2.24) is 9.34 Å². The van der Waals surface area contributed by atoms with Gasteiger partial charge in [-0.3, -0.25) is 0 Å². The van der Waals surface area contributed by atoms with Crippen molar-refractivity contribution in [1.29, 1.82) is 0 Å². The summed E-state index contributed by atoms with van der Waals surface area (Å²) in [5.41, 5.74) is 0. The summed E-state index contributed by atoms with van der Waals surface area (Å²) >= 11 is 6.59. The van der Waals surface area contributed by atoms with Crippen molar-refractivity contribution in [2.75, 3.05) is 26.2 Å². The second kappa shape index (κ2) is 5.65. The lowest BCUT2D eigenvalue weighted by atomic mass is 10.2. The SMILES string of the molecule is Cl[PH+](N1CCCCC1)N1CCCCC1. The van der Waals surface area contributed by atoms with Crippen molar-refractivity contribution in [3.05, 3.63) is 0 Å². The van der Waals surface area contributed by atoms with Crippen molar-refractivity contribution >= 4 is 18.8 Å². The van der Waals surface area contributed by atoms with Crippen LogP contribution in [-0.2, 0) is 0 Å². The Morgan fingerprint density at radius 3 is 1.36 bits per heavy atom. The highest BCUT2D eigenvalue weighted by atomic mass is 35.7. The van der Waals surface area contributed by atoms with E-state index in [1.165, 1.54) is 64.7 Å². The Bertz CT molecular complexity index is 150. The van der Waals surface area contributed by atoms with Crippen LogP contribution in [0, 0.1) is 0 Å². The molecule has 4 heteroatoms. The molecule has 2 nitrogen and oxygen atoms in total. The smallest absolute Gasteiger partial charge is 0.151 e. The van der Waals surface area contributed by atoms with Crippen molar-refractivity contribution < 1.29 is 0 Å². The molecule has 0 amide bonds. The monoisotopic (exact) mass is 235 g/mol. The molecule has 2 saturated heterocycles. The Labute approximate surface area is 93.2 Å². The molecule has 2 heterocycles. The molecule has 2 rings (SSSR count). The van der Waals surface area contributed by atoms with Crippen LogP contribution in [0.2, 0.25) is 0 Å². The summed E-state index contributed by atoms with van der Waals surface area (Å²) in [5, 5.41) is 0. The van der Waals surface area contributed by atoms with Gasteiger partial charge in [-0.15, -0.1) is 0 Å². The zero-order valence-corrected chi connectivity index (χ0v) is 10.6. The van der Waals surface area contributed by atoms with E-state index in [0.29, 0.717) is 0 Å². The van der Waals surface area contributed by atoms with Crippen LogP contribution in [0.3, 0.4) is 0 Å². The highest BCUT2D eigenvalue weighted by Gasteiger charge is 2.33. The molecular formula is C10H21ClN2P+. The molecule has 82 valence electrons. The van der Waals surface area contributed by atoms with Crippen molar-refractivity contribution in [3.63, 3.8) is 0 Å². The number of rotatable bonds is 2. The Hall–Kier alpha value is 0.640. The molecule has 0 aliphatic carbocycles. The molecule has 0 atom stereocenters. The van der Waals surface area contributed by atoms with E-state index in [9.17, 15) is 0 Å². The van der Waals surface area contributed by atoms with E-state index >= 15 is 0 Å². The van der Waals surface area contributed by atoms with Crippen molar-refractivity contribution in [2.24, 2.45) is 0 Å². The van der Waals surface area contributed by atoms with Gasteiger partial charge in [0.15, 0.2) is 0 Å². The zero-order chi connectivity index (χ0) is 9.80. The maximum atomic E-state index is 6.59. The first-order chi connectivity index (χ1) is 6.88. The third-order valence-electron chi connectivity index (χ3n) is 3.23. The average molecular weight is 236 g/mol. The highest BCUT2D eigenvalue weighted by molar-refractivity contribution is 7.80. The van der Waals surface area contributed by atoms with Gasteiger partial charge in [0.1, 0.15) is 11.2 Å². The first-order valence-corrected chi connectivity index (χ1v) is 8.31. The normalized spacial score (nSPS) is 27.0. The number of nitrogens with zero attached hydrogens (tertiary/aromatic N) is 2. The van der Waals surface area contributed by atoms with Gasteiger partial charge in [0.2, 0.25) is 7.58 Å². The van der Waals surface area contributed by atoms with Gasteiger partial charge in [0.25, 0.3) is 0 Å². The molecule has 2 fully saturated rings. The summed E-state index contributed by atoms with van der Waals surface area (Å²) in [7, 11) is -0.852. The summed E-state index contributed by atoms with van der Waals surface area (Å²) in [5.74, 6) is 0. The fraction of sp³-hybridized carbons (Fsp3) is 1.00. The quantitative estimate of drug-likeness (QED) is 0.679. The van der Waals surface area contributed by atoms with Gasteiger partial charge in [0, 0.05) is 26.2 Å². The van der Waals surface area contributed by atoms with E-state index in [1.54, 1.807) is 0 Å². The molecule has 0 spiro atoms. The average Bonchev–Trinajstić information content (AvgIpc) is 2.30. The van der Waals surface area contributed by atoms with Gasteiger partial charge in [0.05, 0.1) is 0 Å². The molecule has 0 N–H and O–H groups in total. The Morgan fingerprint density at radius 1 is 0.643 bits per heavy atom. The van der Waals surface area contributed by atoms with Gasteiger partial charge < -0.3 is 0 Å². The Morgan fingerprint density at radius 2 is 1.00 bits per heavy atom. The minimum atomic E-state index is -0.852. The standard InChI is InChI=1S/C10H20ClN2P/c11-14(12-7-3-1-4-8-12)13-9-5-2-6-10-13/h1-10H2/p+1. The van der Waals surface area contributed by atoms with E-state index in [2.05, 4.69) is 9.34 Å². The van der Waals surface area contributed by atoms with E-state index in [0.717, 1.165) is 0 Å². The molecular weight excluding hydrogens is 215 g/mol. The van der Waals surface area contributed by atoms with Crippen LogP contribution >= 0.6 is 18.8 Å². The summed E-state index contributed by atoms with van der Waals surface area (Å²) in [4.78, 5) is 0. The maximum Gasteiger partial charge on any atom is 0.241 e. The second-order valence-corrected chi connectivity index (χ2v) is 7.18. The van der Waals surface area contributed by atoms with Crippen molar-refractivity contribution in [3.8, 4) is 0 Å². The first kappa shape index (κ1) is 11.1. The molecule has 0 aromatic carbocycles. The molecule has 0 aromatic rings. The summed E-state index contributed by atoms with van der Waals surface area (Å²) in [6.45, 7) is 4.98. The van der Waals surface area contributed by atoms with E-state index in [1.807, 2.05) is 0 Å². The minimum absolute atomic E-state index is 0.852. The predicted octanol–water partition coefficient (Wildman–Crippen LogP) is 3.16. The summed E-state index contributed by atoms with van der Waals surface area (Å²) in [6, 6.07) is 0. The number of hydrogen-bond acceptors (Lipinski definition) is 2. The van der Waals surface area contributed by atoms with Crippen LogP contribution in [-0.4, -0.2) is 35.5 Å². The first-order valence-electron chi connectivity index (χ1n) is 5.90. The van der Waals surface area contributed by atoms with Gasteiger partial charge in [-0.05, 0) is 25.7 Å². The fourth-order valence-corrected chi connectivity index (χ4v) is 5.14. The van der Waals surface area contributed by atoms with Gasteiger partial charge >= 0.3 is 0 Å². The largest absolute Gasteiger partial charge is 0.241 e. The highest BCUT2D eigenvalue weighted by Crippen LogP contribution is 2.51. The Balaban J connectivity index is 1.82. The van der Waals surface area contributed by atoms with Gasteiger partial charge in [-0.2, -0.15) is 9.34 Å². The second-order valence-electron chi connectivity index (χ2n) is 4.36. The van der Waals surface area contributed by atoms with Crippen LogP contribution in [0.15, 0.2) is 0 Å². The van der Waals surface area contributed by atoms with Gasteiger partial charge in [-0.25, -0.2) is 0 Å². The van der Waals surface area contributed by atoms with Crippen LogP contribution in [0.4, 0.5) is 0 Å². The lowest BCUT2D eigenvalue weighted by molar-refractivity contribution is 0.317. The lowest BCUT2D eigenvalue weighted by Gasteiger charge is -2.31. The molecule has 0 unspecified atom stereocenters. The number of hydrogen-bond donors (Lipinski definition) is 0. The fourth-order valence-electron chi connectivity index (χ4n) is 2.36. The minimum Gasteiger partial charge on any atom is -0.151 e. The summed E-state index contributed by atoms with van der Waals surface area (Å²) in [6.07, 6.45) is 8.23. The molecule has 0 bridgehead atoms. The molecule has 0 saturated carbocycles. The molecule has 14 heavy (non-hydrogen) atoms. The van der Waals surface area contributed by atoms with Crippen LogP contribution < -0.4 is 0 Å². The Kier molecular flexibility index (Phi) is 4.49. The van der Waals surface area contributed by atoms with Crippen molar-refractivity contribution in [2.45, 2.75) is 38.5 Å². The number of halogens is 1.